The number of hydrogen-bond donors (Lipinski definition) is 3. The van der Waals surface area contributed by atoms with E-state index in [2.05, 4.69) is 75.7 Å². The molecule has 0 spiro atoms. The molecule has 8 heteroatoms. The molecule has 3 N–H and O–H groups in total. The molecule has 5 rings (SSSR count). The molecule has 0 unspecified atom stereocenters. The van der Waals surface area contributed by atoms with Gasteiger partial charge < -0.3 is 20.5 Å². The predicted molar refractivity (Wildman–Crippen MR) is 137 cm³/mol. The largest absolute Gasteiger partial charge is 0.368 e. The second-order valence-corrected chi connectivity index (χ2v) is 10.6. The van der Waals surface area contributed by atoms with Gasteiger partial charge in [-0.2, -0.15) is 10.2 Å². The highest BCUT2D eigenvalue weighted by Gasteiger charge is 2.23. The van der Waals surface area contributed by atoms with Gasteiger partial charge in [0.05, 0.1) is 11.5 Å². The molecule has 0 amide bonds. The summed E-state index contributed by atoms with van der Waals surface area (Å²) in [5, 5.41) is 21.6. The van der Waals surface area contributed by atoms with Crippen molar-refractivity contribution >= 4 is 39.1 Å². The average molecular weight is 465 g/mol. The summed E-state index contributed by atoms with van der Waals surface area (Å²) in [6.07, 6.45) is 6.12. The summed E-state index contributed by atoms with van der Waals surface area (Å²) in [6, 6.07) is 4.16. The van der Waals surface area contributed by atoms with Crippen LogP contribution in [-0.2, 0) is 19.5 Å². The zero-order valence-electron chi connectivity index (χ0n) is 18.7. The van der Waals surface area contributed by atoms with E-state index in [0.29, 0.717) is 0 Å². The fraction of sp³-hybridized carbons (Fsp3) is 0.333. The van der Waals surface area contributed by atoms with Crippen LogP contribution in [0.1, 0.15) is 45.4 Å². The Hall–Kier alpha value is -2.68. The van der Waals surface area contributed by atoms with Crippen LogP contribution in [0.15, 0.2) is 47.1 Å². The molecule has 0 bridgehead atoms. The molecule has 3 aromatic heterocycles. The van der Waals surface area contributed by atoms with E-state index in [9.17, 15) is 0 Å². The third-order valence-electron chi connectivity index (χ3n) is 6.04. The van der Waals surface area contributed by atoms with Crippen molar-refractivity contribution in [2.75, 3.05) is 11.9 Å². The van der Waals surface area contributed by atoms with Gasteiger partial charge in [-0.05, 0) is 57.0 Å². The molecule has 2 aliphatic rings. The minimum absolute atomic E-state index is 0.743. The second-order valence-electron chi connectivity index (χ2n) is 8.31. The Balaban J connectivity index is 1.35. The van der Waals surface area contributed by atoms with E-state index in [1.807, 2.05) is 18.3 Å². The quantitative estimate of drug-likeness (QED) is 0.456. The van der Waals surface area contributed by atoms with Crippen molar-refractivity contribution < 1.29 is 0 Å². The summed E-state index contributed by atoms with van der Waals surface area (Å²) in [5.41, 5.74) is 7.38. The lowest BCUT2D eigenvalue weighted by atomic mass is 10.0. The molecule has 0 radical (unpaired) electrons. The minimum atomic E-state index is 0.743. The monoisotopic (exact) mass is 464 g/mol. The smallest absolute Gasteiger partial charge is 0.105 e. The van der Waals surface area contributed by atoms with Crippen LogP contribution in [0.4, 0.5) is 5.00 Å². The van der Waals surface area contributed by atoms with Gasteiger partial charge in [-0.3, -0.25) is 0 Å². The van der Waals surface area contributed by atoms with Gasteiger partial charge in [0, 0.05) is 58.5 Å². The summed E-state index contributed by atoms with van der Waals surface area (Å²) in [4.78, 5) is 2.73. The zero-order valence-corrected chi connectivity index (χ0v) is 20.3. The average Bonchev–Trinajstić information content (AvgIpc) is 3.55. The first-order chi connectivity index (χ1) is 15.5. The Morgan fingerprint density at radius 3 is 2.75 bits per heavy atom. The molecule has 0 fully saturated rings. The maximum atomic E-state index is 4.42. The van der Waals surface area contributed by atoms with Crippen molar-refractivity contribution in [3.63, 3.8) is 0 Å². The molecule has 0 aromatic carbocycles. The maximum Gasteiger partial charge on any atom is 0.105 e. The highest BCUT2D eigenvalue weighted by atomic mass is 32.1. The van der Waals surface area contributed by atoms with E-state index in [4.69, 9.17) is 0 Å². The predicted octanol–water partition coefficient (Wildman–Crippen LogP) is 5.10. The Kier molecular flexibility index (Phi) is 5.75. The molecular formula is C24H28N6S2. The number of rotatable bonds is 7. The van der Waals surface area contributed by atoms with Crippen LogP contribution in [0.25, 0.3) is 5.00 Å². The fourth-order valence-corrected chi connectivity index (χ4v) is 6.69. The number of fused-ring (bicyclic) bond motifs is 1. The van der Waals surface area contributed by atoms with Gasteiger partial charge in [0.25, 0.3) is 0 Å². The second kappa shape index (κ2) is 8.69. The topological polar surface area (TPSA) is 65.7 Å². The molecule has 6 nitrogen and oxygen atoms in total. The molecule has 2 aliphatic heterocycles. The molecule has 0 aliphatic carbocycles. The Bertz CT molecular complexity index is 1230. The van der Waals surface area contributed by atoms with Crippen molar-refractivity contribution in [2.45, 2.75) is 46.7 Å². The van der Waals surface area contributed by atoms with Gasteiger partial charge in [-0.1, -0.05) is 6.58 Å². The van der Waals surface area contributed by atoms with E-state index in [1.165, 1.54) is 37.0 Å². The number of aryl methyl sites for hydroxylation is 1. The molecule has 5 heterocycles. The van der Waals surface area contributed by atoms with Crippen LogP contribution < -0.4 is 16.0 Å². The van der Waals surface area contributed by atoms with Gasteiger partial charge in [0.2, 0.25) is 0 Å². The Labute approximate surface area is 196 Å². The van der Waals surface area contributed by atoms with Crippen LogP contribution in [0.5, 0.6) is 0 Å². The first-order valence-electron chi connectivity index (χ1n) is 10.9. The van der Waals surface area contributed by atoms with Crippen molar-refractivity contribution in [2.24, 2.45) is 10.2 Å². The van der Waals surface area contributed by atoms with Gasteiger partial charge in [0.1, 0.15) is 10.0 Å². The standard InChI is InChI=1S/C24H28N6S2/c1-14-11-20(29-28-14)22-15(2)16(3)31-23(22)27-17(4)26-12-19-18-7-8-25-13-21(18)32-24(19)30-9-5-6-10-30/h5-6,9-10,25-27H,4,7-8,11-13H2,1-3H3. The summed E-state index contributed by atoms with van der Waals surface area (Å²) < 4.78 is 2.22. The summed E-state index contributed by atoms with van der Waals surface area (Å²) >= 11 is 3.63. The molecule has 0 saturated heterocycles. The van der Waals surface area contributed by atoms with Crippen molar-refractivity contribution in [3.8, 4) is 5.00 Å². The van der Waals surface area contributed by atoms with Gasteiger partial charge >= 0.3 is 0 Å². The number of nitrogens with one attached hydrogen (secondary N) is 3. The molecule has 166 valence electrons. The van der Waals surface area contributed by atoms with Crippen LogP contribution in [0.2, 0.25) is 0 Å². The van der Waals surface area contributed by atoms with Crippen LogP contribution in [-0.4, -0.2) is 22.5 Å². The third kappa shape index (κ3) is 3.94. The fourth-order valence-electron chi connectivity index (χ4n) is 4.28. The van der Waals surface area contributed by atoms with Gasteiger partial charge in [-0.25, -0.2) is 0 Å². The lowest BCUT2D eigenvalue weighted by molar-refractivity contribution is 0.647. The zero-order chi connectivity index (χ0) is 22.2. The number of anilines is 1. The lowest BCUT2D eigenvalue weighted by Gasteiger charge is -2.17. The number of aromatic nitrogens is 1. The third-order valence-corrected chi connectivity index (χ3v) is 8.45. The molecule has 3 aromatic rings. The van der Waals surface area contributed by atoms with Crippen molar-refractivity contribution in [1.29, 1.82) is 0 Å². The molecule has 0 atom stereocenters. The van der Waals surface area contributed by atoms with Gasteiger partial charge in [-0.15, -0.1) is 22.7 Å². The van der Waals surface area contributed by atoms with Gasteiger partial charge in [0.15, 0.2) is 0 Å². The highest BCUT2D eigenvalue weighted by molar-refractivity contribution is 7.16. The van der Waals surface area contributed by atoms with E-state index >= 15 is 0 Å². The van der Waals surface area contributed by atoms with E-state index < -0.39 is 0 Å². The van der Waals surface area contributed by atoms with Crippen molar-refractivity contribution in [3.05, 3.63) is 68.9 Å². The Morgan fingerprint density at radius 2 is 2.00 bits per heavy atom. The van der Waals surface area contributed by atoms with E-state index in [0.717, 1.165) is 54.7 Å². The number of hydrogen-bond acceptors (Lipinski definition) is 7. The normalized spacial score (nSPS) is 15.3. The van der Waals surface area contributed by atoms with Crippen LogP contribution in [0.3, 0.4) is 0 Å². The molecule has 32 heavy (non-hydrogen) atoms. The van der Waals surface area contributed by atoms with Crippen LogP contribution in [0, 0.1) is 13.8 Å². The number of nitrogens with zero attached hydrogens (tertiary/aromatic N) is 3. The first kappa shape index (κ1) is 21.2. The first-order valence-corrected chi connectivity index (χ1v) is 12.5. The minimum Gasteiger partial charge on any atom is -0.368 e. The highest BCUT2D eigenvalue weighted by Crippen LogP contribution is 2.36. The number of thiophene rings is 2. The molecular weight excluding hydrogens is 436 g/mol. The summed E-state index contributed by atoms with van der Waals surface area (Å²) in [7, 11) is 0. The van der Waals surface area contributed by atoms with Crippen molar-refractivity contribution in [1.82, 2.24) is 15.2 Å². The Morgan fingerprint density at radius 1 is 1.19 bits per heavy atom. The molecule has 0 saturated carbocycles. The summed E-state index contributed by atoms with van der Waals surface area (Å²) in [5.74, 6) is 0.802. The van der Waals surface area contributed by atoms with E-state index in [-0.39, 0.29) is 0 Å². The lowest BCUT2D eigenvalue weighted by Crippen LogP contribution is -2.24. The maximum absolute atomic E-state index is 4.42. The summed E-state index contributed by atoms with van der Waals surface area (Å²) in [6.45, 7) is 13.3. The van der Waals surface area contributed by atoms with E-state index in [1.54, 1.807) is 11.3 Å². The SMILES string of the molecule is C=C(NCc1c(-n2cccc2)sc2c1CCNC2)Nc1sc(C)c(C)c1C1=NN=C(C)C1. The van der Waals surface area contributed by atoms with Crippen LogP contribution >= 0.6 is 22.7 Å².